The van der Waals surface area contributed by atoms with E-state index >= 15 is 0 Å². The van der Waals surface area contributed by atoms with Gasteiger partial charge in [-0.1, -0.05) is 12.1 Å². The van der Waals surface area contributed by atoms with Crippen LogP contribution in [0.5, 0.6) is 0 Å². The van der Waals surface area contributed by atoms with Crippen LogP contribution < -0.4 is 5.73 Å². The number of carbonyl (C=O) groups is 1. The molecule has 4 aromatic rings. The van der Waals surface area contributed by atoms with Gasteiger partial charge in [-0.25, -0.2) is 4.39 Å². The van der Waals surface area contributed by atoms with Gasteiger partial charge in [-0.05, 0) is 35.7 Å². The van der Waals surface area contributed by atoms with Crippen LogP contribution in [0.25, 0.3) is 21.8 Å². The summed E-state index contributed by atoms with van der Waals surface area (Å²) in [5.74, 6) is -0.976. The maximum Gasteiger partial charge on any atom is 0.249 e. The first-order valence-electron chi connectivity index (χ1n) is 7.10. The Kier molecular flexibility index (Phi) is 3.16. The Hall–Kier alpha value is -2.66. The zero-order valence-electron chi connectivity index (χ0n) is 12.0. The molecule has 0 atom stereocenters. The second-order valence-corrected chi connectivity index (χ2v) is 6.33. The van der Waals surface area contributed by atoms with Crippen molar-refractivity contribution in [1.82, 2.24) is 4.57 Å². The highest BCUT2D eigenvalue weighted by Crippen LogP contribution is 2.32. The molecule has 2 aromatic heterocycles. The minimum Gasteiger partial charge on any atom is -0.366 e. The number of fused-ring (bicyclic) bond motifs is 3. The Bertz CT molecular complexity index is 1030. The molecule has 2 N–H and O–H groups in total. The summed E-state index contributed by atoms with van der Waals surface area (Å²) in [5.41, 5.74) is 7.58. The Labute approximate surface area is 135 Å². The summed E-state index contributed by atoms with van der Waals surface area (Å²) in [5, 5.41) is 3.26. The third kappa shape index (κ3) is 2.21. The lowest BCUT2D eigenvalue weighted by Crippen LogP contribution is -2.11. The molecule has 5 heteroatoms. The topological polar surface area (TPSA) is 48.0 Å². The summed E-state index contributed by atoms with van der Waals surface area (Å²) in [4.78, 5) is 13.0. The molecule has 0 bridgehead atoms. The van der Waals surface area contributed by atoms with Crippen LogP contribution in [0.15, 0.2) is 47.8 Å². The highest BCUT2D eigenvalue weighted by molar-refractivity contribution is 7.09. The lowest BCUT2D eigenvalue weighted by Gasteiger charge is -2.06. The number of hydrogen-bond donors (Lipinski definition) is 1. The summed E-state index contributed by atoms with van der Waals surface area (Å²) in [6.07, 6.45) is 0. The second kappa shape index (κ2) is 5.21. The predicted molar refractivity (Wildman–Crippen MR) is 90.2 cm³/mol. The third-order valence-corrected chi connectivity index (χ3v) is 4.78. The zero-order valence-corrected chi connectivity index (χ0v) is 12.9. The van der Waals surface area contributed by atoms with E-state index in [1.807, 2.05) is 23.6 Å². The largest absolute Gasteiger partial charge is 0.366 e. The number of hydrogen-bond acceptors (Lipinski definition) is 2. The summed E-state index contributed by atoms with van der Waals surface area (Å²) >= 11 is 1.66. The van der Waals surface area contributed by atoms with E-state index in [9.17, 15) is 9.18 Å². The van der Waals surface area contributed by atoms with Crippen molar-refractivity contribution >= 4 is 39.0 Å². The lowest BCUT2D eigenvalue weighted by atomic mass is 10.1. The minimum atomic E-state index is -0.525. The van der Waals surface area contributed by atoms with Gasteiger partial charge in [0, 0.05) is 27.3 Å². The van der Waals surface area contributed by atoms with Crippen molar-refractivity contribution in [3.8, 4) is 0 Å². The fourth-order valence-corrected chi connectivity index (χ4v) is 3.66. The number of aromatic nitrogens is 1. The van der Waals surface area contributed by atoms with E-state index in [4.69, 9.17) is 5.73 Å². The summed E-state index contributed by atoms with van der Waals surface area (Å²) in [7, 11) is 0. The van der Waals surface area contributed by atoms with Gasteiger partial charge in [0.1, 0.15) is 5.82 Å². The molecule has 0 aliphatic carbocycles. The summed E-state index contributed by atoms with van der Waals surface area (Å²) < 4.78 is 15.8. The van der Waals surface area contributed by atoms with Crippen molar-refractivity contribution in [2.45, 2.75) is 6.54 Å². The van der Waals surface area contributed by atoms with E-state index in [1.165, 1.54) is 10.9 Å². The van der Waals surface area contributed by atoms with Crippen molar-refractivity contribution < 1.29 is 9.18 Å². The maximum absolute atomic E-state index is 13.7. The molecule has 3 nitrogen and oxygen atoms in total. The monoisotopic (exact) mass is 323 g/mol. The molecule has 0 aliphatic heterocycles. The minimum absolute atomic E-state index is 0.388. The number of rotatable bonds is 3. The van der Waals surface area contributed by atoms with Gasteiger partial charge < -0.3 is 10.3 Å². The van der Waals surface area contributed by atoms with Gasteiger partial charge in [0.15, 0.2) is 0 Å². The standard InChI is InChI=1S/C18H12FN2OS/c19-11-6-7-15-14(9-11)17-13(18(20)22)4-1-5-16(17)21(15)10-12-3-2-8-23-12/h1-8H,10H2,(H2,20,22). The predicted octanol–water partition coefficient (Wildman–Crippen LogP) is 3.94. The number of nitrogens with two attached hydrogens (primary N) is 1. The SMILES string of the molecule is NC(=O)c1cccc2c1c1[c]c(F)ccc1n2Cc1cccs1. The number of halogens is 1. The first-order chi connectivity index (χ1) is 11.1. The number of benzene rings is 2. The molecule has 0 unspecified atom stereocenters. The Morgan fingerprint density at radius 2 is 2.04 bits per heavy atom. The molecule has 0 spiro atoms. The average molecular weight is 323 g/mol. The van der Waals surface area contributed by atoms with Crippen LogP contribution >= 0.6 is 11.3 Å². The number of carbonyl (C=O) groups excluding carboxylic acids is 1. The van der Waals surface area contributed by atoms with Gasteiger partial charge in [-0.15, -0.1) is 11.3 Å². The Balaban J connectivity index is 2.11. The van der Waals surface area contributed by atoms with Crippen molar-refractivity contribution in [3.63, 3.8) is 0 Å². The molecular formula is C18H12FN2OS. The van der Waals surface area contributed by atoms with E-state index in [2.05, 4.69) is 10.6 Å². The van der Waals surface area contributed by atoms with Crippen LogP contribution in [0.2, 0.25) is 0 Å². The van der Waals surface area contributed by atoms with Gasteiger partial charge in [-0.3, -0.25) is 4.79 Å². The first-order valence-corrected chi connectivity index (χ1v) is 7.98. The van der Waals surface area contributed by atoms with Gasteiger partial charge in [-0.2, -0.15) is 0 Å². The molecule has 2 heterocycles. The molecule has 1 amide bonds. The first kappa shape index (κ1) is 14.0. The molecule has 0 aliphatic rings. The van der Waals surface area contributed by atoms with E-state index in [0.29, 0.717) is 22.9 Å². The van der Waals surface area contributed by atoms with E-state index in [1.54, 1.807) is 29.5 Å². The fourth-order valence-electron chi connectivity index (χ4n) is 2.97. The molecule has 4 rings (SSSR count). The highest BCUT2D eigenvalue weighted by atomic mass is 32.1. The molecule has 0 saturated carbocycles. The number of primary amides is 1. The molecule has 1 radical (unpaired) electrons. The van der Waals surface area contributed by atoms with Gasteiger partial charge in [0.2, 0.25) is 5.91 Å². The molecule has 23 heavy (non-hydrogen) atoms. The third-order valence-electron chi connectivity index (χ3n) is 3.92. The molecule has 0 fully saturated rings. The van der Waals surface area contributed by atoms with Gasteiger partial charge >= 0.3 is 0 Å². The molecule has 2 aromatic carbocycles. The van der Waals surface area contributed by atoms with Crippen LogP contribution in [-0.4, -0.2) is 10.5 Å². The van der Waals surface area contributed by atoms with Gasteiger partial charge in [0.25, 0.3) is 0 Å². The van der Waals surface area contributed by atoms with Crippen molar-refractivity contribution in [3.05, 3.63) is 70.2 Å². The summed E-state index contributed by atoms with van der Waals surface area (Å²) in [6.45, 7) is 0.652. The fraction of sp³-hybridized carbons (Fsp3) is 0.0556. The van der Waals surface area contributed by atoms with Crippen LogP contribution in [0.3, 0.4) is 0 Å². The van der Waals surface area contributed by atoms with Crippen molar-refractivity contribution in [1.29, 1.82) is 0 Å². The van der Waals surface area contributed by atoms with E-state index in [0.717, 1.165) is 11.0 Å². The molecular weight excluding hydrogens is 311 g/mol. The Morgan fingerprint density at radius 1 is 1.17 bits per heavy atom. The average Bonchev–Trinajstić information content (AvgIpc) is 3.14. The normalized spacial score (nSPS) is 11.3. The quantitative estimate of drug-likeness (QED) is 0.610. The highest BCUT2D eigenvalue weighted by Gasteiger charge is 2.17. The van der Waals surface area contributed by atoms with Crippen LogP contribution in [0.4, 0.5) is 4.39 Å². The number of amides is 1. The van der Waals surface area contributed by atoms with E-state index in [-0.39, 0.29) is 0 Å². The molecule has 113 valence electrons. The Morgan fingerprint density at radius 3 is 2.78 bits per heavy atom. The van der Waals surface area contributed by atoms with Crippen molar-refractivity contribution in [2.24, 2.45) is 5.73 Å². The van der Waals surface area contributed by atoms with E-state index < -0.39 is 11.7 Å². The van der Waals surface area contributed by atoms with Crippen molar-refractivity contribution in [2.75, 3.05) is 0 Å². The second-order valence-electron chi connectivity index (χ2n) is 5.30. The van der Waals surface area contributed by atoms with Gasteiger partial charge in [0.05, 0.1) is 17.6 Å². The summed E-state index contributed by atoms with van der Waals surface area (Å²) in [6, 6.07) is 15.3. The number of thiophene rings is 1. The smallest absolute Gasteiger partial charge is 0.249 e. The molecule has 0 saturated heterocycles. The van der Waals surface area contributed by atoms with Crippen LogP contribution in [0.1, 0.15) is 15.2 Å². The van der Waals surface area contributed by atoms with Crippen LogP contribution in [0, 0.1) is 11.9 Å². The maximum atomic E-state index is 13.7. The number of nitrogens with zero attached hydrogens (tertiary/aromatic N) is 1. The lowest BCUT2D eigenvalue weighted by molar-refractivity contribution is 0.100. The zero-order chi connectivity index (χ0) is 16.0. The van der Waals surface area contributed by atoms with Crippen LogP contribution in [-0.2, 0) is 6.54 Å².